The van der Waals surface area contributed by atoms with Crippen LogP contribution in [-0.2, 0) is 11.3 Å². The van der Waals surface area contributed by atoms with E-state index in [1.165, 1.54) is 0 Å². The molecule has 0 saturated heterocycles. The lowest BCUT2D eigenvalue weighted by Crippen LogP contribution is -2.08. The van der Waals surface area contributed by atoms with E-state index < -0.39 is 0 Å². The molecule has 0 amide bonds. The van der Waals surface area contributed by atoms with Gasteiger partial charge in [-0.05, 0) is 39.3 Å². The molecule has 104 valence electrons. The first kappa shape index (κ1) is 14.3. The fourth-order valence-electron chi connectivity index (χ4n) is 2.11. The van der Waals surface area contributed by atoms with Gasteiger partial charge in [0.05, 0.1) is 5.38 Å². The molecule has 2 heterocycles. The Morgan fingerprint density at radius 1 is 1.37 bits per heavy atom. The van der Waals surface area contributed by atoms with Gasteiger partial charge in [-0.1, -0.05) is 0 Å². The van der Waals surface area contributed by atoms with E-state index in [0.717, 1.165) is 48.9 Å². The average molecular weight is 282 g/mol. The van der Waals surface area contributed by atoms with Crippen molar-refractivity contribution in [3.63, 3.8) is 0 Å². The third-order valence-corrected chi connectivity index (χ3v) is 3.19. The van der Waals surface area contributed by atoms with Crippen LogP contribution in [0.5, 0.6) is 0 Å². The van der Waals surface area contributed by atoms with Crippen LogP contribution in [0.15, 0.2) is 12.1 Å². The highest BCUT2D eigenvalue weighted by Gasteiger charge is 2.15. The normalized spacial score (nSPS) is 13.1. The van der Waals surface area contributed by atoms with Gasteiger partial charge in [0.2, 0.25) is 0 Å². The lowest BCUT2D eigenvalue weighted by atomic mass is 10.3. The van der Waals surface area contributed by atoms with E-state index in [1.807, 2.05) is 32.9 Å². The number of ether oxygens (including phenoxy) is 1. The minimum atomic E-state index is -0.124. The van der Waals surface area contributed by atoms with Crippen molar-refractivity contribution in [3.05, 3.63) is 23.7 Å². The molecule has 0 N–H and O–H groups in total. The van der Waals surface area contributed by atoms with E-state index in [9.17, 15) is 0 Å². The minimum absolute atomic E-state index is 0.124. The minimum Gasteiger partial charge on any atom is -0.382 e. The maximum Gasteiger partial charge on any atom is 0.160 e. The number of alkyl halides is 1. The fraction of sp³-hybridized carbons (Fsp3) is 0.571. The molecule has 0 aliphatic heterocycles. The number of halogens is 1. The van der Waals surface area contributed by atoms with Gasteiger partial charge >= 0.3 is 0 Å². The van der Waals surface area contributed by atoms with Crippen LogP contribution in [-0.4, -0.2) is 27.7 Å². The van der Waals surface area contributed by atoms with Crippen LogP contribution in [0.25, 0.3) is 11.2 Å². The number of hydrogen-bond donors (Lipinski definition) is 0. The molecular weight excluding hydrogens is 262 g/mol. The van der Waals surface area contributed by atoms with Crippen LogP contribution < -0.4 is 0 Å². The molecule has 0 radical (unpaired) electrons. The van der Waals surface area contributed by atoms with E-state index in [4.69, 9.17) is 16.3 Å². The van der Waals surface area contributed by atoms with Crippen molar-refractivity contribution in [2.45, 2.75) is 39.1 Å². The molecule has 2 aromatic rings. The molecule has 2 rings (SSSR count). The van der Waals surface area contributed by atoms with Crippen LogP contribution in [0.4, 0.5) is 0 Å². The lowest BCUT2D eigenvalue weighted by molar-refractivity contribution is 0.141. The number of hydrogen-bond acceptors (Lipinski definition) is 3. The Morgan fingerprint density at radius 3 is 2.84 bits per heavy atom. The summed E-state index contributed by atoms with van der Waals surface area (Å²) in [7, 11) is 0. The monoisotopic (exact) mass is 281 g/mol. The molecule has 0 bridgehead atoms. The summed E-state index contributed by atoms with van der Waals surface area (Å²) < 4.78 is 7.49. The summed E-state index contributed by atoms with van der Waals surface area (Å²) in [5.41, 5.74) is 2.82. The van der Waals surface area contributed by atoms with Crippen molar-refractivity contribution in [2.75, 3.05) is 13.2 Å². The molecule has 19 heavy (non-hydrogen) atoms. The highest BCUT2D eigenvalue weighted by molar-refractivity contribution is 6.20. The zero-order valence-electron chi connectivity index (χ0n) is 11.7. The standard InChI is InChI=1S/C14H20ClN3O/c1-4-19-9-5-8-18-13(11(3)15)17-12-7-6-10(2)16-14(12)18/h6-7,11H,4-5,8-9H2,1-3H3. The lowest BCUT2D eigenvalue weighted by Gasteiger charge is -2.10. The Hall–Kier alpha value is -1.13. The van der Waals surface area contributed by atoms with Gasteiger partial charge in [0, 0.05) is 25.5 Å². The van der Waals surface area contributed by atoms with Gasteiger partial charge in [-0.3, -0.25) is 0 Å². The number of pyridine rings is 1. The molecule has 0 aliphatic rings. The second-order valence-electron chi connectivity index (χ2n) is 4.58. The Morgan fingerprint density at radius 2 is 2.16 bits per heavy atom. The summed E-state index contributed by atoms with van der Waals surface area (Å²) in [5, 5.41) is -0.124. The SMILES string of the molecule is CCOCCCn1c(C(C)Cl)nc2ccc(C)nc21. The molecule has 0 spiro atoms. The summed E-state index contributed by atoms with van der Waals surface area (Å²) in [6.45, 7) is 8.26. The molecule has 0 aromatic carbocycles. The third-order valence-electron chi connectivity index (χ3n) is 2.99. The Balaban J connectivity index is 2.31. The molecule has 1 atom stereocenters. The Bertz CT molecular complexity index is 551. The van der Waals surface area contributed by atoms with E-state index in [1.54, 1.807) is 0 Å². The summed E-state index contributed by atoms with van der Waals surface area (Å²) in [5.74, 6) is 0.881. The molecule has 1 unspecified atom stereocenters. The van der Waals surface area contributed by atoms with Gasteiger partial charge in [0.25, 0.3) is 0 Å². The number of imidazole rings is 1. The molecule has 4 nitrogen and oxygen atoms in total. The predicted octanol–water partition coefficient (Wildman–Crippen LogP) is 3.47. The summed E-state index contributed by atoms with van der Waals surface area (Å²) in [6.07, 6.45) is 0.936. The molecule has 5 heteroatoms. The van der Waals surface area contributed by atoms with Gasteiger partial charge in [0.15, 0.2) is 5.65 Å². The van der Waals surface area contributed by atoms with Crippen molar-refractivity contribution in [3.8, 4) is 0 Å². The third kappa shape index (κ3) is 3.25. The van der Waals surface area contributed by atoms with E-state index in [2.05, 4.69) is 14.5 Å². The highest BCUT2D eigenvalue weighted by Crippen LogP contribution is 2.24. The molecule has 2 aromatic heterocycles. The van der Waals surface area contributed by atoms with Crippen LogP contribution in [0.2, 0.25) is 0 Å². The topological polar surface area (TPSA) is 39.9 Å². The predicted molar refractivity (Wildman–Crippen MR) is 77.6 cm³/mol. The van der Waals surface area contributed by atoms with E-state index in [0.29, 0.717) is 0 Å². The maximum atomic E-state index is 6.22. The fourth-order valence-corrected chi connectivity index (χ4v) is 2.27. The molecule has 0 aliphatic carbocycles. The van der Waals surface area contributed by atoms with Crippen molar-refractivity contribution < 1.29 is 4.74 Å². The van der Waals surface area contributed by atoms with E-state index >= 15 is 0 Å². The molecule has 0 fully saturated rings. The van der Waals surface area contributed by atoms with Crippen LogP contribution in [0, 0.1) is 6.92 Å². The quantitative estimate of drug-likeness (QED) is 0.601. The first-order valence-electron chi connectivity index (χ1n) is 6.69. The first-order valence-corrected chi connectivity index (χ1v) is 7.12. The van der Waals surface area contributed by atoms with E-state index in [-0.39, 0.29) is 5.38 Å². The number of rotatable bonds is 6. The van der Waals surface area contributed by atoms with Crippen LogP contribution in [0.1, 0.15) is 37.2 Å². The summed E-state index contributed by atoms with van der Waals surface area (Å²) in [4.78, 5) is 9.16. The van der Waals surface area contributed by atoms with Gasteiger partial charge in [-0.25, -0.2) is 9.97 Å². The zero-order chi connectivity index (χ0) is 13.8. The summed E-state index contributed by atoms with van der Waals surface area (Å²) in [6, 6.07) is 3.97. The van der Waals surface area contributed by atoms with Crippen molar-refractivity contribution >= 4 is 22.8 Å². The second-order valence-corrected chi connectivity index (χ2v) is 5.24. The largest absolute Gasteiger partial charge is 0.382 e. The molecule has 0 saturated carbocycles. The Kier molecular flexibility index (Phi) is 4.77. The number of fused-ring (bicyclic) bond motifs is 1. The average Bonchev–Trinajstić information content (AvgIpc) is 2.73. The van der Waals surface area contributed by atoms with Crippen molar-refractivity contribution in [1.29, 1.82) is 0 Å². The van der Waals surface area contributed by atoms with Gasteiger partial charge < -0.3 is 9.30 Å². The second kappa shape index (κ2) is 6.35. The smallest absolute Gasteiger partial charge is 0.160 e. The van der Waals surface area contributed by atoms with Crippen LogP contribution >= 0.6 is 11.6 Å². The summed E-state index contributed by atoms with van der Waals surface area (Å²) >= 11 is 6.22. The van der Waals surface area contributed by atoms with Crippen molar-refractivity contribution in [1.82, 2.24) is 14.5 Å². The zero-order valence-corrected chi connectivity index (χ0v) is 12.4. The van der Waals surface area contributed by atoms with Crippen molar-refractivity contribution in [2.24, 2.45) is 0 Å². The Labute approximate surface area is 118 Å². The number of aryl methyl sites for hydroxylation is 2. The number of aromatic nitrogens is 3. The first-order chi connectivity index (χ1) is 9.13. The van der Waals surface area contributed by atoms with Gasteiger partial charge in [-0.2, -0.15) is 0 Å². The van der Waals surface area contributed by atoms with Gasteiger partial charge in [-0.15, -0.1) is 11.6 Å². The van der Waals surface area contributed by atoms with Gasteiger partial charge in [0.1, 0.15) is 11.3 Å². The van der Waals surface area contributed by atoms with Crippen LogP contribution in [0.3, 0.4) is 0 Å². The molecular formula is C14H20ClN3O. The number of nitrogens with zero attached hydrogens (tertiary/aromatic N) is 3. The maximum absolute atomic E-state index is 6.22. The highest BCUT2D eigenvalue weighted by atomic mass is 35.5.